The fourth-order valence-corrected chi connectivity index (χ4v) is 3.31. The lowest BCUT2D eigenvalue weighted by Crippen LogP contribution is -2.18. The number of ketones is 2. The van der Waals surface area contributed by atoms with Gasteiger partial charge in [0.1, 0.15) is 0 Å². The second-order valence-corrected chi connectivity index (χ2v) is 6.54. The third kappa shape index (κ3) is 3.24. The van der Waals surface area contributed by atoms with Crippen molar-refractivity contribution in [1.82, 2.24) is 8.80 Å². The maximum absolute atomic E-state index is 13.0. The Morgan fingerprint density at radius 1 is 0.633 bits per heavy atom. The van der Waals surface area contributed by atoms with Crippen molar-refractivity contribution in [2.45, 2.75) is 13.8 Å². The highest BCUT2D eigenvalue weighted by Crippen LogP contribution is 2.25. The number of carbonyl (C=O) groups excluding carboxylic acids is 4. The molecular weight excluding hydrogens is 388 g/mol. The summed E-state index contributed by atoms with van der Waals surface area (Å²) in [6.07, 6.45) is 3.22. The molecular formula is C22H16N2O6. The van der Waals surface area contributed by atoms with Gasteiger partial charge in [-0.3, -0.25) is 19.2 Å². The van der Waals surface area contributed by atoms with E-state index in [-0.39, 0.29) is 22.9 Å². The molecule has 0 radical (unpaired) electrons. The summed E-state index contributed by atoms with van der Waals surface area (Å²) >= 11 is 0. The Bertz CT molecular complexity index is 1240. The molecule has 0 spiro atoms. The normalized spacial score (nSPS) is 10.9. The van der Waals surface area contributed by atoms with Gasteiger partial charge >= 0.3 is 11.9 Å². The summed E-state index contributed by atoms with van der Waals surface area (Å²) < 4.78 is 13.3. The van der Waals surface area contributed by atoms with Crippen LogP contribution in [0.4, 0.5) is 0 Å². The molecule has 30 heavy (non-hydrogen) atoms. The molecule has 0 aromatic carbocycles. The maximum atomic E-state index is 13.0. The molecule has 0 saturated heterocycles. The molecule has 0 aliphatic rings. The lowest BCUT2D eigenvalue weighted by atomic mass is 10.1. The van der Waals surface area contributed by atoms with Gasteiger partial charge in [0.05, 0.1) is 22.4 Å². The molecule has 8 nitrogen and oxygen atoms in total. The smallest absolute Gasteiger partial charge is 0.308 e. The molecule has 0 bridgehead atoms. The van der Waals surface area contributed by atoms with Crippen molar-refractivity contribution in [2.75, 3.05) is 0 Å². The Labute approximate surface area is 170 Å². The first kappa shape index (κ1) is 19.1. The third-order valence-corrected chi connectivity index (χ3v) is 4.49. The average molecular weight is 404 g/mol. The van der Waals surface area contributed by atoms with Crippen LogP contribution >= 0.6 is 0 Å². The number of hydrogen-bond donors (Lipinski definition) is 0. The summed E-state index contributed by atoms with van der Waals surface area (Å²) in [5.41, 5.74) is 1.24. The van der Waals surface area contributed by atoms with Crippen molar-refractivity contribution in [2.24, 2.45) is 0 Å². The molecule has 0 saturated carbocycles. The van der Waals surface area contributed by atoms with Gasteiger partial charge in [-0.2, -0.15) is 0 Å². The van der Waals surface area contributed by atoms with Crippen molar-refractivity contribution in [3.63, 3.8) is 0 Å². The van der Waals surface area contributed by atoms with Gasteiger partial charge in [-0.25, -0.2) is 0 Å². The minimum Gasteiger partial charge on any atom is -0.424 e. The summed E-state index contributed by atoms with van der Waals surface area (Å²) in [5, 5.41) is 0. The van der Waals surface area contributed by atoms with Crippen molar-refractivity contribution < 1.29 is 28.7 Å². The number of fused-ring (bicyclic) bond motifs is 2. The van der Waals surface area contributed by atoms with Crippen LogP contribution in [-0.2, 0) is 9.59 Å². The van der Waals surface area contributed by atoms with Crippen LogP contribution in [0.5, 0.6) is 11.5 Å². The molecule has 0 fully saturated rings. The Hall–Kier alpha value is -4.20. The molecule has 4 heterocycles. The van der Waals surface area contributed by atoms with E-state index >= 15 is 0 Å². The van der Waals surface area contributed by atoms with Gasteiger partial charge in [-0.1, -0.05) is 0 Å². The fraction of sp³-hybridized carbons (Fsp3) is 0.0909. The van der Waals surface area contributed by atoms with Crippen LogP contribution < -0.4 is 9.47 Å². The maximum Gasteiger partial charge on any atom is 0.308 e. The minimum atomic E-state index is -0.729. The fourth-order valence-electron chi connectivity index (χ4n) is 3.31. The first-order valence-electron chi connectivity index (χ1n) is 9.03. The highest BCUT2D eigenvalue weighted by Gasteiger charge is 2.25. The van der Waals surface area contributed by atoms with Crippen LogP contribution in [-0.4, -0.2) is 32.3 Å². The standard InChI is InChI=1S/C22H16N2O6/c1-13(25)29-19-5-3-11-23-15(19)7-9-17(23)21(27)22(28)18-10-8-16-20(30-14(2)26)6-4-12-24(16)18/h3-12H,1-2H3. The number of carbonyl (C=O) groups is 4. The van der Waals surface area contributed by atoms with Crippen LogP contribution in [0.15, 0.2) is 60.9 Å². The lowest BCUT2D eigenvalue weighted by molar-refractivity contribution is -0.132. The Morgan fingerprint density at radius 3 is 1.40 bits per heavy atom. The van der Waals surface area contributed by atoms with Crippen molar-refractivity contribution in [1.29, 1.82) is 0 Å². The molecule has 0 N–H and O–H groups in total. The summed E-state index contributed by atoms with van der Waals surface area (Å²) in [5.74, 6) is -1.86. The minimum absolute atomic E-state index is 0.134. The SMILES string of the molecule is CC(=O)Oc1cccn2c(C(=O)C(=O)c3ccc4c(OC(C)=O)cccn34)ccc12. The molecule has 0 aliphatic carbocycles. The summed E-state index contributed by atoms with van der Waals surface area (Å²) in [4.78, 5) is 48.5. The van der Waals surface area contributed by atoms with E-state index in [2.05, 4.69) is 0 Å². The molecule has 0 unspecified atom stereocenters. The van der Waals surface area contributed by atoms with Crippen LogP contribution in [0.1, 0.15) is 34.8 Å². The van der Waals surface area contributed by atoms with Crippen molar-refractivity contribution >= 4 is 34.5 Å². The van der Waals surface area contributed by atoms with E-state index in [4.69, 9.17) is 9.47 Å². The number of pyridine rings is 2. The van der Waals surface area contributed by atoms with Gasteiger partial charge in [-0.05, 0) is 48.5 Å². The second kappa shape index (κ2) is 7.32. The van der Waals surface area contributed by atoms with Gasteiger partial charge in [0, 0.05) is 26.2 Å². The zero-order valence-corrected chi connectivity index (χ0v) is 16.1. The number of Topliss-reactive ketones (excluding diaryl/α,β-unsaturated/α-hetero) is 2. The number of ether oxygens (including phenoxy) is 2. The number of nitrogens with zero attached hydrogens (tertiary/aromatic N) is 2. The van der Waals surface area contributed by atoms with Crippen molar-refractivity contribution in [3.8, 4) is 11.5 Å². The predicted octanol–water partition coefficient (Wildman–Crippen LogP) is 3.11. The zero-order valence-electron chi connectivity index (χ0n) is 16.1. The predicted molar refractivity (Wildman–Crippen MR) is 106 cm³/mol. The first-order valence-corrected chi connectivity index (χ1v) is 9.03. The summed E-state index contributed by atoms with van der Waals surface area (Å²) in [6.45, 7) is 2.56. The van der Waals surface area contributed by atoms with Crippen LogP contribution in [0, 0.1) is 0 Å². The molecule has 0 amide bonds. The van der Waals surface area contributed by atoms with Gasteiger partial charge in [-0.15, -0.1) is 0 Å². The molecule has 4 aromatic heterocycles. The lowest BCUT2D eigenvalue weighted by Gasteiger charge is -2.07. The van der Waals surface area contributed by atoms with Crippen LogP contribution in [0.25, 0.3) is 11.0 Å². The number of aromatic nitrogens is 2. The molecule has 8 heteroatoms. The van der Waals surface area contributed by atoms with E-state index in [1.165, 1.54) is 34.8 Å². The molecule has 0 atom stereocenters. The highest BCUT2D eigenvalue weighted by atomic mass is 16.5. The van der Waals surface area contributed by atoms with E-state index in [0.29, 0.717) is 11.0 Å². The first-order chi connectivity index (χ1) is 14.4. The van der Waals surface area contributed by atoms with E-state index in [0.717, 1.165) is 0 Å². The van der Waals surface area contributed by atoms with E-state index in [1.54, 1.807) is 48.8 Å². The number of hydrogen-bond acceptors (Lipinski definition) is 6. The molecule has 4 rings (SSSR count). The van der Waals surface area contributed by atoms with Gasteiger partial charge < -0.3 is 18.3 Å². The van der Waals surface area contributed by atoms with Crippen molar-refractivity contribution in [3.05, 3.63) is 72.3 Å². The van der Waals surface area contributed by atoms with Crippen LogP contribution in [0.2, 0.25) is 0 Å². The summed E-state index contributed by atoms with van der Waals surface area (Å²) in [7, 11) is 0. The zero-order chi connectivity index (χ0) is 21.4. The largest absolute Gasteiger partial charge is 0.424 e. The Morgan fingerprint density at radius 2 is 1.03 bits per heavy atom. The quantitative estimate of drug-likeness (QED) is 0.288. The second-order valence-electron chi connectivity index (χ2n) is 6.54. The molecule has 4 aromatic rings. The Balaban J connectivity index is 1.74. The van der Waals surface area contributed by atoms with Crippen LogP contribution in [0.3, 0.4) is 0 Å². The summed E-state index contributed by atoms with van der Waals surface area (Å²) in [6, 6.07) is 12.6. The van der Waals surface area contributed by atoms with E-state index < -0.39 is 23.5 Å². The molecule has 150 valence electrons. The monoisotopic (exact) mass is 404 g/mol. The Kier molecular flexibility index (Phi) is 4.67. The topological polar surface area (TPSA) is 95.6 Å². The van der Waals surface area contributed by atoms with Gasteiger partial charge in [0.2, 0.25) is 0 Å². The van der Waals surface area contributed by atoms with E-state index in [1.807, 2.05) is 0 Å². The third-order valence-electron chi connectivity index (χ3n) is 4.49. The van der Waals surface area contributed by atoms with E-state index in [9.17, 15) is 19.2 Å². The van der Waals surface area contributed by atoms with Gasteiger partial charge in [0.15, 0.2) is 11.5 Å². The average Bonchev–Trinajstić information content (AvgIpc) is 3.31. The van der Waals surface area contributed by atoms with Gasteiger partial charge in [0.25, 0.3) is 11.6 Å². The number of rotatable bonds is 5. The molecule has 0 aliphatic heterocycles. The number of esters is 2. The highest BCUT2D eigenvalue weighted by molar-refractivity contribution is 6.48.